The molecule has 7 nitrogen and oxygen atoms in total. The molecule has 0 saturated carbocycles. The summed E-state index contributed by atoms with van der Waals surface area (Å²) in [5.41, 5.74) is 2.16. The van der Waals surface area contributed by atoms with Gasteiger partial charge in [0, 0.05) is 29.7 Å². The third kappa shape index (κ3) is 5.72. The number of pyridine rings is 1. The third-order valence-corrected chi connectivity index (χ3v) is 5.99. The lowest BCUT2D eigenvalue weighted by Crippen LogP contribution is -2.14. The average Bonchev–Trinajstić information content (AvgIpc) is 3.40. The van der Waals surface area contributed by atoms with Crippen molar-refractivity contribution in [3.63, 3.8) is 0 Å². The predicted molar refractivity (Wildman–Crippen MR) is 133 cm³/mol. The number of ether oxygens (including phenoxy) is 2. The van der Waals surface area contributed by atoms with Crippen LogP contribution in [0.4, 0.5) is 11.4 Å². The van der Waals surface area contributed by atoms with Gasteiger partial charge in [0.15, 0.2) is 11.5 Å². The van der Waals surface area contributed by atoms with Crippen LogP contribution in [0.25, 0.3) is 0 Å². The molecular formula is C25H20ClN3O4S. The number of halogens is 1. The number of benzene rings is 2. The summed E-state index contributed by atoms with van der Waals surface area (Å²) in [4.78, 5) is 29.8. The molecule has 172 valence electrons. The van der Waals surface area contributed by atoms with Crippen molar-refractivity contribution in [1.29, 1.82) is 0 Å². The Morgan fingerprint density at radius 3 is 2.53 bits per heavy atom. The molecule has 2 amide bonds. The number of carbonyl (C=O) groups excluding carboxylic acids is 2. The van der Waals surface area contributed by atoms with Crippen LogP contribution in [-0.4, -0.2) is 23.9 Å². The third-order valence-electron chi connectivity index (χ3n) is 4.79. The summed E-state index contributed by atoms with van der Waals surface area (Å²) in [6.45, 7) is 0.320. The summed E-state index contributed by atoms with van der Waals surface area (Å²) >= 11 is 7.54. The quantitative estimate of drug-likeness (QED) is 0.319. The Hall–Kier alpha value is -3.88. The molecule has 0 atom stereocenters. The fraction of sp³-hybridized carbons (Fsp3) is 0.0800. The van der Waals surface area contributed by atoms with Gasteiger partial charge in [-0.05, 0) is 59.5 Å². The standard InChI is InChI=1S/C25H20ClN3O4S/c1-32-21-7-5-18(14-22(21)33-15-16-8-10-27-11-9-16)28-24(30)17-4-6-19(26)20(13-17)29-25(31)23-3-2-12-34-23/h2-14H,15H2,1H3,(H,28,30)(H,29,31). The molecule has 2 aromatic carbocycles. The Kier molecular flexibility index (Phi) is 7.41. The number of nitrogens with zero attached hydrogens (tertiary/aromatic N) is 1. The van der Waals surface area contributed by atoms with Gasteiger partial charge < -0.3 is 20.1 Å². The molecule has 9 heteroatoms. The Labute approximate surface area is 205 Å². The van der Waals surface area contributed by atoms with E-state index in [0.717, 1.165) is 5.56 Å². The smallest absolute Gasteiger partial charge is 0.265 e. The first-order valence-corrected chi connectivity index (χ1v) is 11.4. The van der Waals surface area contributed by atoms with Crippen molar-refractivity contribution in [1.82, 2.24) is 4.98 Å². The molecule has 2 aromatic heterocycles. The number of hydrogen-bond donors (Lipinski definition) is 2. The zero-order valence-electron chi connectivity index (χ0n) is 18.1. The van der Waals surface area contributed by atoms with Crippen molar-refractivity contribution in [3.8, 4) is 11.5 Å². The van der Waals surface area contributed by atoms with E-state index in [0.29, 0.717) is 44.9 Å². The van der Waals surface area contributed by atoms with E-state index in [2.05, 4.69) is 15.6 Å². The van der Waals surface area contributed by atoms with Crippen LogP contribution in [0.15, 0.2) is 78.4 Å². The number of anilines is 2. The number of aromatic nitrogens is 1. The Morgan fingerprint density at radius 2 is 1.79 bits per heavy atom. The number of nitrogens with one attached hydrogen (secondary N) is 2. The highest BCUT2D eigenvalue weighted by Crippen LogP contribution is 2.31. The highest BCUT2D eigenvalue weighted by Gasteiger charge is 2.14. The van der Waals surface area contributed by atoms with E-state index in [-0.39, 0.29) is 11.8 Å². The molecule has 0 saturated heterocycles. The van der Waals surface area contributed by atoms with Crippen molar-refractivity contribution >= 4 is 46.1 Å². The molecule has 0 fully saturated rings. The van der Waals surface area contributed by atoms with Crippen molar-refractivity contribution in [2.24, 2.45) is 0 Å². The summed E-state index contributed by atoms with van der Waals surface area (Å²) in [6.07, 6.45) is 3.38. The Morgan fingerprint density at radius 1 is 0.971 bits per heavy atom. The number of carbonyl (C=O) groups is 2. The molecule has 0 spiro atoms. The van der Waals surface area contributed by atoms with Gasteiger partial charge in [0.1, 0.15) is 6.61 Å². The van der Waals surface area contributed by atoms with Crippen LogP contribution in [0, 0.1) is 0 Å². The molecule has 0 aliphatic carbocycles. The highest BCUT2D eigenvalue weighted by molar-refractivity contribution is 7.12. The van der Waals surface area contributed by atoms with Crippen molar-refractivity contribution in [2.45, 2.75) is 6.61 Å². The molecular weight excluding hydrogens is 474 g/mol. The predicted octanol–water partition coefficient (Wildman–Crippen LogP) is 5.89. The molecule has 0 bridgehead atoms. The van der Waals surface area contributed by atoms with Gasteiger partial charge in [-0.25, -0.2) is 0 Å². The summed E-state index contributed by atoms with van der Waals surface area (Å²) in [7, 11) is 1.55. The van der Waals surface area contributed by atoms with Gasteiger partial charge in [-0.3, -0.25) is 14.6 Å². The van der Waals surface area contributed by atoms with E-state index < -0.39 is 0 Å². The lowest BCUT2D eigenvalue weighted by atomic mass is 10.1. The minimum Gasteiger partial charge on any atom is -0.493 e. The SMILES string of the molecule is COc1ccc(NC(=O)c2ccc(Cl)c(NC(=O)c3cccs3)c2)cc1OCc1ccncc1. The van der Waals surface area contributed by atoms with Gasteiger partial charge in [-0.1, -0.05) is 17.7 Å². The molecule has 0 unspecified atom stereocenters. The minimum atomic E-state index is -0.367. The molecule has 0 aliphatic heterocycles. The van der Waals surface area contributed by atoms with Crippen molar-refractivity contribution < 1.29 is 19.1 Å². The van der Waals surface area contributed by atoms with Crippen molar-refractivity contribution in [2.75, 3.05) is 17.7 Å². The van der Waals surface area contributed by atoms with Crippen LogP contribution in [0.1, 0.15) is 25.6 Å². The van der Waals surface area contributed by atoms with Gasteiger partial charge in [0.25, 0.3) is 11.8 Å². The second-order valence-electron chi connectivity index (χ2n) is 7.09. The van der Waals surface area contributed by atoms with E-state index in [1.807, 2.05) is 17.5 Å². The monoisotopic (exact) mass is 493 g/mol. The normalized spacial score (nSPS) is 10.4. The largest absolute Gasteiger partial charge is 0.493 e. The maximum Gasteiger partial charge on any atom is 0.265 e. The van der Waals surface area contributed by atoms with Crippen molar-refractivity contribution in [3.05, 3.63) is 99.5 Å². The summed E-state index contributed by atoms with van der Waals surface area (Å²) in [5.74, 6) is 0.364. The first kappa shape index (κ1) is 23.3. The highest BCUT2D eigenvalue weighted by atomic mass is 35.5. The number of hydrogen-bond acceptors (Lipinski definition) is 6. The number of thiophene rings is 1. The fourth-order valence-electron chi connectivity index (χ4n) is 3.06. The van der Waals surface area contributed by atoms with Gasteiger partial charge in [-0.2, -0.15) is 0 Å². The van der Waals surface area contributed by atoms with E-state index >= 15 is 0 Å². The van der Waals surface area contributed by atoms with E-state index in [1.54, 1.807) is 62.0 Å². The first-order chi connectivity index (χ1) is 16.5. The maximum absolute atomic E-state index is 12.9. The fourth-order valence-corrected chi connectivity index (χ4v) is 3.85. The number of amides is 2. The second-order valence-corrected chi connectivity index (χ2v) is 8.44. The lowest BCUT2D eigenvalue weighted by molar-refractivity contribution is 0.101. The molecule has 4 aromatic rings. The van der Waals surface area contributed by atoms with Gasteiger partial charge in [0.2, 0.25) is 0 Å². The van der Waals surface area contributed by atoms with Crippen LogP contribution in [0.5, 0.6) is 11.5 Å². The zero-order valence-corrected chi connectivity index (χ0v) is 19.7. The minimum absolute atomic E-state index is 0.291. The maximum atomic E-state index is 12.9. The lowest BCUT2D eigenvalue weighted by Gasteiger charge is -2.14. The summed E-state index contributed by atoms with van der Waals surface area (Å²) in [6, 6.07) is 17.0. The summed E-state index contributed by atoms with van der Waals surface area (Å²) in [5, 5.41) is 7.73. The van der Waals surface area contributed by atoms with Gasteiger partial charge >= 0.3 is 0 Å². The molecule has 0 radical (unpaired) electrons. The average molecular weight is 494 g/mol. The molecule has 4 rings (SSSR count). The first-order valence-electron chi connectivity index (χ1n) is 10.2. The Bertz CT molecular complexity index is 1300. The van der Waals surface area contributed by atoms with Crippen LogP contribution in [-0.2, 0) is 6.61 Å². The van der Waals surface area contributed by atoms with Gasteiger partial charge in [0.05, 0.1) is 22.7 Å². The van der Waals surface area contributed by atoms with Crippen LogP contribution < -0.4 is 20.1 Å². The summed E-state index contributed by atoms with van der Waals surface area (Å²) < 4.78 is 11.3. The Balaban J connectivity index is 1.48. The van der Waals surface area contributed by atoms with E-state index in [4.69, 9.17) is 21.1 Å². The van der Waals surface area contributed by atoms with Crippen LogP contribution in [0.2, 0.25) is 5.02 Å². The van der Waals surface area contributed by atoms with Gasteiger partial charge in [-0.15, -0.1) is 11.3 Å². The zero-order chi connectivity index (χ0) is 23.9. The molecule has 0 aliphatic rings. The second kappa shape index (κ2) is 10.8. The molecule has 34 heavy (non-hydrogen) atoms. The molecule has 2 N–H and O–H groups in total. The van der Waals surface area contributed by atoms with E-state index in [9.17, 15) is 9.59 Å². The van der Waals surface area contributed by atoms with Crippen LogP contribution >= 0.6 is 22.9 Å². The number of methoxy groups -OCH3 is 1. The number of rotatable bonds is 8. The van der Waals surface area contributed by atoms with Crippen LogP contribution in [0.3, 0.4) is 0 Å². The topological polar surface area (TPSA) is 89.6 Å². The van der Waals surface area contributed by atoms with E-state index in [1.165, 1.54) is 17.4 Å². The molecule has 2 heterocycles.